The summed E-state index contributed by atoms with van der Waals surface area (Å²) in [5.74, 6) is 0. The van der Waals surface area contributed by atoms with Crippen molar-refractivity contribution in [3.63, 3.8) is 0 Å². The van der Waals surface area contributed by atoms with Crippen molar-refractivity contribution in [1.82, 2.24) is 0 Å². The van der Waals surface area contributed by atoms with Crippen LogP contribution in [0.4, 0.5) is 5.69 Å². The highest BCUT2D eigenvalue weighted by atomic mass is 32.2. The number of aliphatic hydroxyl groups excluding tert-OH is 1. The van der Waals surface area contributed by atoms with Gasteiger partial charge in [0.05, 0.1) is 24.6 Å². The second kappa shape index (κ2) is 5.32. The number of anilines is 1. The number of hydrogen-bond acceptors (Lipinski definition) is 4. The maximum Gasteiger partial charge on any atom is 0.360 e. The zero-order chi connectivity index (χ0) is 15.8. The Labute approximate surface area is 123 Å². The number of rotatable bonds is 4. The van der Waals surface area contributed by atoms with E-state index in [0.717, 1.165) is 4.31 Å². The molecule has 2 aromatic rings. The quantitative estimate of drug-likeness (QED) is 0.846. The minimum absolute atomic E-state index is 0.230. The number of aliphatic hydroxyl groups is 1. The topological polar surface area (TPSA) is 91.0 Å². The Balaban J connectivity index is 2.40. The highest BCUT2D eigenvalue weighted by Gasteiger charge is 2.29. The standard InChI is InChI=1S/C14H19NO5S/c1-14(2,3)13(16)9-15(21(17,18)19)11-4-5-12-10(8-11)6-7-20-12/h4-8,13,16H,9H2,1-3H3,(H,17,18,19). The fraction of sp³-hybridized carbons (Fsp3) is 0.429. The summed E-state index contributed by atoms with van der Waals surface area (Å²) in [6, 6.07) is 6.42. The van der Waals surface area contributed by atoms with Gasteiger partial charge in [-0.15, -0.1) is 0 Å². The first-order chi connectivity index (χ1) is 9.59. The summed E-state index contributed by atoms with van der Waals surface area (Å²) in [7, 11) is -4.48. The van der Waals surface area contributed by atoms with E-state index in [0.29, 0.717) is 11.0 Å². The van der Waals surface area contributed by atoms with Gasteiger partial charge in [-0.05, 0) is 29.7 Å². The van der Waals surface area contributed by atoms with Crippen molar-refractivity contribution >= 4 is 27.0 Å². The van der Waals surface area contributed by atoms with Crippen LogP contribution in [0.2, 0.25) is 0 Å². The second-order valence-electron chi connectivity index (χ2n) is 6.03. The molecule has 116 valence electrons. The molecule has 6 nitrogen and oxygen atoms in total. The van der Waals surface area contributed by atoms with Crippen LogP contribution in [0.1, 0.15) is 20.8 Å². The smallest absolute Gasteiger partial charge is 0.360 e. The maximum atomic E-state index is 11.6. The average molecular weight is 313 g/mol. The molecule has 0 aliphatic carbocycles. The summed E-state index contributed by atoms with van der Waals surface area (Å²) in [4.78, 5) is 0. The van der Waals surface area contributed by atoms with Gasteiger partial charge in [-0.25, -0.2) is 4.31 Å². The third kappa shape index (κ3) is 3.55. The SMILES string of the molecule is CC(C)(C)C(O)CN(c1ccc2occc2c1)S(=O)(=O)O. The summed E-state index contributed by atoms with van der Waals surface area (Å²) in [5, 5.41) is 10.8. The van der Waals surface area contributed by atoms with Crippen LogP contribution in [0.15, 0.2) is 34.9 Å². The molecule has 0 amide bonds. The molecule has 1 heterocycles. The summed E-state index contributed by atoms with van der Waals surface area (Å²) >= 11 is 0. The van der Waals surface area contributed by atoms with Gasteiger partial charge in [0.15, 0.2) is 0 Å². The molecular formula is C14H19NO5S. The maximum absolute atomic E-state index is 11.6. The van der Waals surface area contributed by atoms with E-state index in [9.17, 15) is 18.1 Å². The first kappa shape index (κ1) is 15.8. The molecule has 1 aromatic carbocycles. The van der Waals surface area contributed by atoms with Gasteiger partial charge in [0.25, 0.3) is 0 Å². The van der Waals surface area contributed by atoms with Crippen molar-refractivity contribution in [3.05, 3.63) is 30.5 Å². The lowest BCUT2D eigenvalue weighted by molar-refractivity contribution is 0.0714. The molecule has 2 N–H and O–H groups in total. The fourth-order valence-corrected chi connectivity index (χ4v) is 2.58. The average Bonchev–Trinajstić information content (AvgIpc) is 2.79. The van der Waals surface area contributed by atoms with E-state index in [-0.39, 0.29) is 12.2 Å². The highest BCUT2D eigenvalue weighted by molar-refractivity contribution is 7.87. The molecule has 2 rings (SSSR count). The van der Waals surface area contributed by atoms with Crippen molar-refractivity contribution in [3.8, 4) is 0 Å². The molecule has 0 fully saturated rings. The van der Waals surface area contributed by atoms with Crippen LogP contribution in [0.25, 0.3) is 11.0 Å². The van der Waals surface area contributed by atoms with Gasteiger partial charge < -0.3 is 9.52 Å². The van der Waals surface area contributed by atoms with Crippen molar-refractivity contribution in [2.24, 2.45) is 5.41 Å². The van der Waals surface area contributed by atoms with Crippen LogP contribution in [-0.4, -0.2) is 30.7 Å². The zero-order valence-corrected chi connectivity index (χ0v) is 13.0. The molecule has 0 saturated heterocycles. The minimum Gasteiger partial charge on any atom is -0.464 e. The van der Waals surface area contributed by atoms with E-state index in [1.807, 2.05) is 0 Å². The van der Waals surface area contributed by atoms with Gasteiger partial charge in [0.2, 0.25) is 0 Å². The van der Waals surface area contributed by atoms with Crippen LogP contribution in [0, 0.1) is 5.41 Å². The van der Waals surface area contributed by atoms with Crippen molar-refractivity contribution in [2.45, 2.75) is 26.9 Å². The second-order valence-corrected chi connectivity index (χ2v) is 7.37. The van der Waals surface area contributed by atoms with Crippen LogP contribution in [0.3, 0.4) is 0 Å². The molecule has 0 saturated carbocycles. The zero-order valence-electron chi connectivity index (χ0n) is 12.1. The Morgan fingerprint density at radius 1 is 1.29 bits per heavy atom. The number of fused-ring (bicyclic) bond motifs is 1. The van der Waals surface area contributed by atoms with Gasteiger partial charge in [-0.1, -0.05) is 20.8 Å². The molecule has 0 radical (unpaired) electrons. The molecule has 7 heteroatoms. The molecule has 21 heavy (non-hydrogen) atoms. The Hall–Kier alpha value is -1.57. The van der Waals surface area contributed by atoms with E-state index >= 15 is 0 Å². The number of benzene rings is 1. The summed E-state index contributed by atoms with van der Waals surface area (Å²) in [5.41, 5.74) is 0.378. The van der Waals surface area contributed by atoms with Gasteiger partial charge >= 0.3 is 10.3 Å². The van der Waals surface area contributed by atoms with Gasteiger partial charge in [0, 0.05) is 5.39 Å². The lowest BCUT2D eigenvalue weighted by atomic mass is 9.89. The fourth-order valence-electron chi connectivity index (χ4n) is 1.87. The third-order valence-electron chi connectivity index (χ3n) is 3.34. The summed E-state index contributed by atoms with van der Waals surface area (Å²) in [6.45, 7) is 5.14. The molecule has 0 aliphatic rings. The monoisotopic (exact) mass is 313 g/mol. The number of hydrogen-bond donors (Lipinski definition) is 2. The Bertz CT molecular complexity index is 729. The molecule has 0 aliphatic heterocycles. The predicted octanol–water partition coefficient (Wildman–Crippen LogP) is 2.45. The molecule has 0 bridgehead atoms. The minimum atomic E-state index is -4.48. The van der Waals surface area contributed by atoms with Crippen LogP contribution in [0.5, 0.6) is 0 Å². The first-order valence-corrected chi connectivity index (χ1v) is 7.89. The molecule has 0 spiro atoms. The van der Waals surface area contributed by atoms with E-state index < -0.39 is 21.8 Å². The van der Waals surface area contributed by atoms with E-state index in [4.69, 9.17) is 4.42 Å². The third-order valence-corrected chi connectivity index (χ3v) is 4.26. The molecular weight excluding hydrogens is 294 g/mol. The van der Waals surface area contributed by atoms with Crippen molar-refractivity contribution in [2.75, 3.05) is 10.8 Å². The lowest BCUT2D eigenvalue weighted by Crippen LogP contribution is -2.42. The van der Waals surface area contributed by atoms with Crippen LogP contribution < -0.4 is 4.31 Å². The normalized spacial score (nSPS) is 14.3. The predicted molar refractivity (Wildman–Crippen MR) is 80.6 cm³/mol. The van der Waals surface area contributed by atoms with E-state index in [1.165, 1.54) is 12.3 Å². The van der Waals surface area contributed by atoms with E-state index in [2.05, 4.69) is 0 Å². The molecule has 1 atom stereocenters. The Morgan fingerprint density at radius 2 is 1.95 bits per heavy atom. The molecule has 1 aromatic heterocycles. The molecule has 1 unspecified atom stereocenters. The highest BCUT2D eigenvalue weighted by Crippen LogP contribution is 2.27. The Morgan fingerprint density at radius 3 is 2.52 bits per heavy atom. The van der Waals surface area contributed by atoms with E-state index in [1.54, 1.807) is 39.0 Å². The lowest BCUT2D eigenvalue weighted by Gasteiger charge is -2.31. The van der Waals surface area contributed by atoms with Gasteiger partial charge in [0.1, 0.15) is 5.58 Å². The summed E-state index contributed by atoms with van der Waals surface area (Å²) in [6.07, 6.45) is 0.565. The largest absolute Gasteiger partial charge is 0.464 e. The number of nitrogens with zero attached hydrogens (tertiary/aromatic N) is 1. The number of furan rings is 1. The van der Waals surface area contributed by atoms with Crippen LogP contribution in [-0.2, 0) is 10.3 Å². The van der Waals surface area contributed by atoms with Gasteiger partial charge in [-0.2, -0.15) is 8.42 Å². The van der Waals surface area contributed by atoms with Crippen molar-refractivity contribution in [1.29, 1.82) is 0 Å². The van der Waals surface area contributed by atoms with Crippen LogP contribution >= 0.6 is 0 Å². The first-order valence-electron chi connectivity index (χ1n) is 6.49. The summed E-state index contributed by atoms with van der Waals surface area (Å²) < 4.78 is 38.6. The Kier molecular flexibility index (Phi) is 4.01. The van der Waals surface area contributed by atoms with Gasteiger partial charge in [-0.3, -0.25) is 4.55 Å². The van der Waals surface area contributed by atoms with Crippen molar-refractivity contribution < 1.29 is 22.5 Å².